The molecule has 0 aliphatic rings. The number of carbonyl (C=O) groups is 1. The van der Waals surface area contributed by atoms with Crippen LogP contribution < -0.4 is 5.32 Å². The first-order valence-corrected chi connectivity index (χ1v) is 8.19. The Morgan fingerprint density at radius 2 is 1.83 bits per heavy atom. The second kappa shape index (κ2) is 9.02. The highest BCUT2D eigenvalue weighted by molar-refractivity contribution is 6.30. The van der Waals surface area contributed by atoms with Gasteiger partial charge in [-0.2, -0.15) is 0 Å². The van der Waals surface area contributed by atoms with Crippen LogP contribution in [0.5, 0.6) is 0 Å². The minimum absolute atomic E-state index is 0.0409. The third kappa shape index (κ3) is 5.81. The number of carbonyl (C=O) groups excluding carboxylic acids is 1. The van der Waals surface area contributed by atoms with Crippen LogP contribution in [0.1, 0.15) is 36.5 Å². The topological polar surface area (TPSA) is 29.1 Å². The van der Waals surface area contributed by atoms with E-state index in [2.05, 4.69) is 24.1 Å². The van der Waals surface area contributed by atoms with Crippen LogP contribution in [0, 0.1) is 11.8 Å². The number of nitrogens with one attached hydrogen (secondary N) is 1. The Morgan fingerprint density at radius 3 is 2.57 bits per heavy atom. The molecule has 1 amide bonds. The smallest absolute Gasteiger partial charge is 0.224 e. The van der Waals surface area contributed by atoms with Crippen LogP contribution in [0.2, 0.25) is 5.02 Å². The maximum Gasteiger partial charge on any atom is 0.224 e. The van der Waals surface area contributed by atoms with Crippen molar-refractivity contribution in [3.8, 4) is 11.8 Å². The number of benzene rings is 2. The zero-order chi connectivity index (χ0) is 16.5. The van der Waals surface area contributed by atoms with Crippen molar-refractivity contribution < 1.29 is 4.79 Å². The molecule has 0 saturated heterocycles. The predicted molar refractivity (Wildman–Crippen MR) is 95.5 cm³/mol. The molecule has 0 aliphatic heterocycles. The van der Waals surface area contributed by atoms with Crippen LogP contribution in [-0.4, -0.2) is 12.5 Å². The lowest BCUT2D eigenvalue weighted by Gasteiger charge is -2.06. The van der Waals surface area contributed by atoms with Gasteiger partial charge in [-0.25, -0.2) is 0 Å². The SMILES string of the molecule is CCCCNC(=O)Cc1ccccc1C#Cc1ccc(Cl)cc1. The molecule has 0 bridgehead atoms. The lowest BCUT2D eigenvalue weighted by atomic mass is 10.0. The molecule has 3 heteroatoms. The number of hydrogen-bond donors (Lipinski definition) is 1. The summed E-state index contributed by atoms with van der Waals surface area (Å²) in [5.74, 6) is 6.30. The zero-order valence-electron chi connectivity index (χ0n) is 13.2. The molecule has 0 spiro atoms. The van der Waals surface area contributed by atoms with E-state index in [0.29, 0.717) is 11.4 Å². The normalized spacial score (nSPS) is 9.83. The van der Waals surface area contributed by atoms with Gasteiger partial charge in [0.1, 0.15) is 0 Å². The first-order chi connectivity index (χ1) is 11.2. The van der Waals surface area contributed by atoms with Crippen molar-refractivity contribution in [3.63, 3.8) is 0 Å². The van der Waals surface area contributed by atoms with E-state index >= 15 is 0 Å². The molecule has 0 aromatic heterocycles. The number of amides is 1. The Kier molecular flexibility index (Phi) is 6.72. The van der Waals surface area contributed by atoms with Crippen molar-refractivity contribution >= 4 is 17.5 Å². The van der Waals surface area contributed by atoms with E-state index in [0.717, 1.165) is 36.1 Å². The molecule has 1 N–H and O–H groups in total. The standard InChI is InChI=1S/C20H20ClNO/c1-2-3-14-22-20(23)15-18-7-5-4-6-17(18)11-8-16-9-12-19(21)13-10-16/h4-7,9-10,12-13H,2-3,14-15H2,1H3,(H,22,23). The van der Waals surface area contributed by atoms with Gasteiger partial charge in [0.25, 0.3) is 0 Å². The van der Waals surface area contributed by atoms with Gasteiger partial charge in [-0.1, -0.05) is 55.0 Å². The molecule has 0 saturated carbocycles. The van der Waals surface area contributed by atoms with Gasteiger partial charge >= 0.3 is 0 Å². The van der Waals surface area contributed by atoms with Gasteiger partial charge in [0.15, 0.2) is 0 Å². The van der Waals surface area contributed by atoms with E-state index in [4.69, 9.17) is 11.6 Å². The van der Waals surface area contributed by atoms with Gasteiger partial charge in [0.05, 0.1) is 6.42 Å². The van der Waals surface area contributed by atoms with E-state index < -0.39 is 0 Å². The fraction of sp³-hybridized carbons (Fsp3) is 0.250. The Morgan fingerprint density at radius 1 is 1.09 bits per heavy atom. The number of unbranched alkanes of at least 4 members (excludes halogenated alkanes) is 1. The molecule has 0 aliphatic carbocycles. The summed E-state index contributed by atoms with van der Waals surface area (Å²) in [7, 11) is 0. The predicted octanol–water partition coefficient (Wildman–Crippen LogP) is 4.20. The van der Waals surface area contributed by atoms with Crippen LogP contribution >= 0.6 is 11.6 Å². The molecular formula is C20H20ClNO. The lowest BCUT2D eigenvalue weighted by molar-refractivity contribution is -0.120. The van der Waals surface area contributed by atoms with E-state index in [1.165, 1.54) is 0 Å². The van der Waals surface area contributed by atoms with Crippen LogP contribution in [0.4, 0.5) is 0 Å². The average molecular weight is 326 g/mol. The summed E-state index contributed by atoms with van der Waals surface area (Å²) >= 11 is 5.87. The quantitative estimate of drug-likeness (QED) is 0.648. The fourth-order valence-electron chi connectivity index (χ4n) is 2.11. The largest absolute Gasteiger partial charge is 0.356 e. The van der Waals surface area contributed by atoms with Crippen molar-refractivity contribution in [1.82, 2.24) is 5.32 Å². The van der Waals surface area contributed by atoms with E-state index in [9.17, 15) is 4.79 Å². The van der Waals surface area contributed by atoms with Crippen molar-refractivity contribution in [2.24, 2.45) is 0 Å². The number of hydrogen-bond acceptors (Lipinski definition) is 1. The molecule has 2 aromatic carbocycles. The Hall–Kier alpha value is -2.24. The molecular weight excluding hydrogens is 306 g/mol. The lowest BCUT2D eigenvalue weighted by Crippen LogP contribution is -2.26. The summed E-state index contributed by atoms with van der Waals surface area (Å²) in [5, 5.41) is 3.63. The maximum absolute atomic E-state index is 12.0. The monoisotopic (exact) mass is 325 g/mol. The van der Waals surface area contributed by atoms with Crippen LogP contribution in [-0.2, 0) is 11.2 Å². The highest BCUT2D eigenvalue weighted by atomic mass is 35.5. The summed E-state index contributed by atoms with van der Waals surface area (Å²) in [5.41, 5.74) is 2.73. The maximum atomic E-state index is 12.0. The molecule has 118 valence electrons. The number of rotatable bonds is 5. The molecule has 2 aromatic rings. The second-order valence-corrected chi connectivity index (χ2v) is 5.73. The minimum Gasteiger partial charge on any atom is -0.356 e. The molecule has 23 heavy (non-hydrogen) atoms. The average Bonchev–Trinajstić information content (AvgIpc) is 2.56. The summed E-state index contributed by atoms with van der Waals surface area (Å²) < 4.78 is 0. The number of halogens is 1. The minimum atomic E-state index is 0.0409. The summed E-state index contributed by atoms with van der Waals surface area (Å²) in [6.45, 7) is 2.84. The summed E-state index contributed by atoms with van der Waals surface area (Å²) in [6, 6.07) is 15.2. The third-order valence-corrected chi connectivity index (χ3v) is 3.66. The first kappa shape index (κ1) is 17.1. The molecule has 0 unspecified atom stereocenters. The van der Waals surface area contributed by atoms with Crippen LogP contribution in [0.15, 0.2) is 48.5 Å². The first-order valence-electron chi connectivity index (χ1n) is 7.81. The van der Waals surface area contributed by atoms with Crippen LogP contribution in [0.25, 0.3) is 0 Å². The Bertz CT molecular complexity index is 710. The van der Waals surface area contributed by atoms with Gasteiger partial charge in [-0.15, -0.1) is 0 Å². The van der Waals surface area contributed by atoms with Crippen molar-refractivity contribution in [1.29, 1.82) is 0 Å². The Balaban J connectivity index is 2.09. The third-order valence-electron chi connectivity index (χ3n) is 3.41. The van der Waals surface area contributed by atoms with Crippen molar-refractivity contribution in [2.45, 2.75) is 26.2 Å². The molecule has 2 rings (SSSR count). The van der Waals surface area contributed by atoms with Crippen molar-refractivity contribution in [2.75, 3.05) is 6.54 Å². The summed E-state index contributed by atoms with van der Waals surface area (Å²) in [6.07, 6.45) is 2.43. The molecule has 2 nitrogen and oxygen atoms in total. The van der Waals surface area contributed by atoms with Crippen molar-refractivity contribution in [3.05, 3.63) is 70.2 Å². The highest BCUT2D eigenvalue weighted by Crippen LogP contribution is 2.11. The van der Waals surface area contributed by atoms with E-state index in [1.54, 1.807) is 0 Å². The van der Waals surface area contributed by atoms with Gasteiger partial charge in [0.2, 0.25) is 5.91 Å². The van der Waals surface area contributed by atoms with Gasteiger partial charge in [-0.05, 0) is 42.3 Å². The molecule has 0 atom stereocenters. The van der Waals surface area contributed by atoms with Gasteiger partial charge in [-0.3, -0.25) is 4.79 Å². The molecule has 0 heterocycles. The molecule has 0 radical (unpaired) electrons. The second-order valence-electron chi connectivity index (χ2n) is 5.29. The summed E-state index contributed by atoms with van der Waals surface area (Å²) in [4.78, 5) is 12.0. The van der Waals surface area contributed by atoms with E-state index in [1.807, 2.05) is 48.5 Å². The van der Waals surface area contributed by atoms with Gasteiger partial charge in [0, 0.05) is 22.7 Å². The van der Waals surface area contributed by atoms with Crippen LogP contribution in [0.3, 0.4) is 0 Å². The Labute approximate surface area is 142 Å². The highest BCUT2D eigenvalue weighted by Gasteiger charge is 2.05. The fourth-order valence-corrected chi connectivity index (χ4v) is 2.24. The zero-order valence-corrected chi connectivity index (χ0v) is 14.0. The van der Waals surface area contributed by atoms with Gasteiger partial charge < -0.3 is 5.32 Å². The molecule has 0 fully saturated rings. The van der Waals surface area contributed by atoms with E-state index in [-0.39, 0.29) is 5.91 Å².